The third-order valence-electron chi connectivity index (χ3n) is 3.83. The minimum Gasteiger partial charge on any atom is -0.497 e. The number of ether oxygens (including phenoxy) is 1. The number of para-hydroxylation sites is 1. The van der Waals surface area contributed by atoms with Crippen LogP contribution in [0.1, 0.15) is 21.7 Å². The van der Waals surface area contributed by atoms with Crippen molar-refractivity contribution in [2.24, 2.45) is 0 Å². The van der Waals surface area contributed by atoms with Crippen molar-refractivity contribution >= 4 is 11.6 Å². The van der Waals surface area contributed by atoms with Crippen molar-refractivity contribution in [1.29, 1.82) is 0 Å². The first-order valence-electron chi connectivity index (χ1n) is 7.66. The van der Waals surface area contributed by atoms with Gasteiger partial charge in [0.25, 0.3) is 5.91 Å². The molecule has 1 N–H and O–H groups in total. The van der Waals surface area contributed by atoms with Gasteiger partial charge in [-0.15, -0.1) is 0 Å². The van der Waals surface area contributed by atoms with Crippen LogP contribution < -0.4 is 10.1 Å². The molecule has 0 radical (unpaired) electrons. The molecular weight excluding hydrogens is 302 g/mol. The van der Waals surface area contributed by atoms with Gasteiger partial charge in [-0.3, -0.25) is 4.79 Å². The lowest BCUT2D eigenvalue weighted by Crippen LogP contribution is -2.14. The highest BCUT2D eigenvalue weighted by Crippen LogP contribution is 2.18. The fourth-order valence-electron chi connectivity index (χ4n) is 2.47. The number of hydrogen-bond acceptors (Lipinski definition) is 3. The molecule has 122 valence electrons. The number of benzene rings is 2. The SMILES string of the molecule is COc1ccc(-n2nc(C(=O)Nc3ccccc3C)cc2C)cc1. The van der Waals surface area contributed by atoms with Gasteiger partial charge < -0.3 is 10.1 Å². The number of carbonyl (C=O) groups excluding carboxylic acids is 1. The number of methoxy groups -OCH3 is 1. The molecule has 0 fully saturated rings. The van der Waals surface area contributed by atoms with E-state index < -0.39 is 0 Å². The van der Waals surface area contributed by atoms with Crippen molar-refractivity contribution in [1.82, 2.24) is 9.78 Å². The summed E-state index contributed by atoms with van der Waals surface area (Å²) in [5.74, 6) is 0.556. The Balaban J connectivity index is 1.85. The monoisotopic (exact) mass is 321 g/mol. The zero-order valence-electron chi connectivity index (χ0n) is 13.9. The second kappa shape index (κ2) is 6.58. The largest absolute Gasteiger partial charge is 0.497 e. The molecule has 1 amide bonds. The van der Waals surface area contributed by atoms with E-state index in [9.17, 15) is 4.79 Å². The number of aryl methyl sites for hydroxylation is 2. The van der Waals surface area contributed by atoms with E-state index in [0.717, 1.165) is 28.4 Å². The summed E-state index contributed by atoms with van der Waals surface area (Å²) in [5.41, 5.74) is 3.95. The Kier molecular flexibility index (Phi) is 4.33. The zero-order valence-corrected chi connectivity index (χ0v) is 13.9. The van der Waals surface area contributed by atoms with E-state index in [1.54, 1.807) is 17.9 Å². The molecule has 0 unspecified atom stereocenters. The normalized spacial score (nSPS) is 10.5. The Morgan fingerprint density at radius 1 is 1.08 bits per heavy atom. The summed E-state index contributed by atoms with van der Waals surface area (Å²) in [5, 5.41) is 7.33. The van der Waals surface area contributed by atoms with Crippen LogP contribution in [0.25, 0.3) is 5.69 Å². The van der Waals surface area contributed by atoms with Gasteiger partial charge in [-0.25, -0.2) is 4.68 Å². The van der Waals surface area contributed by atoms with Crippen molar-refractivity contribution in [2.75, 3.05) is 12.4 Å². The maximum atomic E-state index is 12.5. The van der Waals surface area contributed by atoms with Crippen molar-refractivity contribution in [3.8, 4) is 11.4 Å². The van der Waals surface area contributed by atoms with E-state index >= 15 is 0 Å². The number of carbonyl (C=O) groups is 1. The fourth-order valence-corrected chi connectivity index (χ4v) is 2.47. The van der Waals surface area contributed by atoms with E-state index in [2.05, 4.69) is 10.4 Å². The number of rotatable bonds is 4. The second-order valence-corrected chi connectivity index (χ2v) is 5.55. The van der Waals surface area contributed by atoms with Gasteiger partial charge in [0, 0.05) is 11.4 Å². The predicted octanol–water partition coefficient (Wildman–Crippen LogP) is 3.75. The maximum Gasteiger partial charge on any atom is 0.276 e. The van der Waals surface area contributed by atoms with Gasteiger partial charge in [-0.2, -0.15) is 5.10 Å². The van der Waals surface area contributed by atoms with Gasteiger partial charge >= 0.3 is 0 Å². The predicted molar refractivity (Wildman–Crippen MR) is 94.0 cm³/mol. The number of hydrogen-bond donors (Lipinski definition) is 1. The lowest BCUT2D eigenvalue weighted by molar-refractivity contribution is 0.102. The van der Waals surface area contributed by atoms with Crippen LogP contribution in [0.4, 0.5) is 5.69 Å². The third kappa shape index (κ3) is 3.15. The van der Waals surface area contributed by atoms with E-state index in [0.29, 0.717) is 5.69 Å². The van der Waals surface area contributed by atoms with Crippen molar-refractivity contribution in [3.05, 3.63) is 71.5 Å². The summed E-state index contributed by atoms with van der Waals surface area (Å²) in [6.45, 7) is 3.87. The van der Waals surface area contributed by atoms with Gasteiger partial charge in [0.05, 0.1) is 12.8 Å². The molecule has 3 aromatic rings. The first-order chi connectivity index (χ1) is 11.6. The summed E-state index contributed by atoms with van der Waals surface area (Å²) in [4.78, 5) is 12.5. The second-order valence-electron chi connectivity index (χ2n) is 5.55. The maximum absolute atomic E-state index is 12.5. The molecule has 24 heavy (non-hydrogen) atoms. The third-order valence-corrected chi connectivity index (χ3v) is 3.83. The molecule has 1 heterocycles. The molecule has 0 bridgehead atoms. The number of nitrogens with one attached hydrogen (secondary N) is 1. The highest BCUT2D eigenvalue weighted by Gasteiger charge is 2.14. The number of nitrogens with zero attached hydrogens (tertiary/aromatic N) is 2. The summed E-state index contributed by atoms with van der Waals surface area (Å²) >= 11 is 0. The van der Waals surface area contributed by atoms with Gasteiger partial charge in [-0.05, 0) is 55.8 Å². The average Bonchev–Trinajstić information content (AvgIpc) is 2.99. The standard InChI is InChI=1S/C19H19N3O2/c1-13-6-4-5-7-17(13)20-19(23)18-12-14(2)22(21-18)15-8-10-16(24-3)11-9-15/h4-12H,1-3H3,(H,20,23). The molecule has 0 spiro atoms. The van der Waals surface area contributed by atoms with Crippen LogP contribution in [0.3, 0.4) is 0 Å². The average molecular weight is 321 g/mol. The highest BCUT2D eigenvalue weighted by atomic mass is 16.5. The minimum absolute atomic E-state index is 0.223. The molecule has 0 saturated heterocycles. The van der Waals surface area contributed by atoms with Crippen LogP contribution in [0, 0.1) is 13.8 Å². The summed E-state index contributed by atoms with van der Waals surface area (Å²) in [6, 6.07) is 17.0. The van der Waals surface area contributed by atoms with Crippen molar-refractivity contribution in [3.63, 3.8) is 0 Å². The highest BCUT2D eigenvalue weighted by molar-refractivity contribution is 6.03. The molecule has 0 aliphatic carbocycles. The quantitative estimate of drug-likeness (QED) is 0.796. The van der Waals surface area contributed by atoms with Crippen LogP contribution in [-0.2, 0) is 0 Å². The van der Waals surface area contributed by atoms with Crippen LogP contribution >= 0.6 is 0 Å². The fraction of sp³-hybridized carbons (Fsp3) is 0.158. The van der Waals surface area contributed by atoms with Crippen LogP contribution in [0.15, 0.2) is 54.6 Å². The first kappa shape index (κ1) is 15.8. The van der Waals surface area contributed by atoms with E-state index in [4.69, 9.17) is 4.74 Å². The molecule has 5 heteroatoms. The molecular formula is C19H19N3O2. The minimum atomic E-state index is -0.223. The molecule has 0 atom stereocenters. The van der Waals surface area contributed by atoms with Crippen LogP contribution in [0.2, 0.25) is 0 Å². The van der Waals surface area contributed by atoms with Gasteiger partial charge in [-0.1, -0.05) is 18.2 Å². The summed E-state index contributed by atoms with van der Waals surface area (Å²) in [7, 11) is 1.63. The smallest absolute Gasteiger partial charge is 0.276 e. The summed E-state index contributed by atoms with van der Waals surface area (Å²) in [6.07, 6.45) is 0. The van der Waals surface area contributed by atoms with Crippen molar-refractivity contribution < 1.29 is 9.53 Å². The van der Waals surface area contributed by atoms with E-state index in [-0.39, 0.29) is 5.91 Å². The molecule has 0 aliphatic rings. The zero-order chi connectivity index (χ0) is 17.1. The van der Waals surface area contributed by atoms with Gasteiger partial charge in [0.2, 0.25) is 0 Å². The van der Waals surface area contributed by atoms with Gasteiger partial charge in [0.15, 0.2) is 5.69 Å². The lowest BCUT2D eigenvalue weighted by Gasteiger charge is -2.07. The Morgan fingerprint density at radius 2 is 1.79 bits per heavy atom. The topological polar surface area (TPSA) is 56.2 Å². The molecule has 0 aliphatic heterocycles. The molecule has 3 rings (SSSR count). The number of anilines is 1. The lowest BCUT2D eigenvalue weighted by atomic mass is 10.2. The Labute approximate surface area is 140 Å². The Bertz CT molecular complexity index is 867. The van der Waals surface area contributed by atoms with Crippen molar-refractivity contribution in [2.45, 2.75) is 13.8 Å². The Hall–Kier alpha value is -3.08. The number of amides is 1. The summed E-state index contributed by atoms with van der Waals surface area (Å²) < 4.78 is 6.90. The molecule has 1 aromatic heterocycles. The molecule has 0 saturated carbocycles. The number of aromatic nitrogens is 2. The van der Waals surface area contributed by atoms with E-state index in [1.165, 1.54) is 0 Å². The molecule has 2 aromatic carbocycles. The van der Waals surface area contributed by atoms with E-state index in [1.807, 2.05) is 62.4 Å². The first-order valence-corrected chi connectivity index (χ1v) is 7.66. The van der Waals surface area contributed by atoms with Crippen LogP contribution in [-0.4, -0.2) is 22.8 Å². The molecule has 5 nitrogen and oxygen atoms in total. The van der Waals surface area contributed by atoms with Crippen LogP contribution in [0.5, 0.6) is 5.75 Å². The Morgan fingerprint density at radius 3 is 2.46 bits per heavy atom. The van der Waals surface area contributed by atoms with Gasteiger partial charge in [0.1, 0.15) is 5.75 Å².